The van der Waals surface area contributed by atoms with E-state index in [2.05, 4.69) is 4.98 Å². The summed E-state index contributed by atoms with van der Waals surface area (Å²) in [5.41, 5.74) is 5.94. The molecule has 1 aromatic heterocycles. The Kier molecular flexibility index (Phi) is 1.96. The zero-order valence-electron chi connectivity index (χ0n) is 5.05. The van der Waals surface area contributed by atoms with Crippen LogP contribution in [0.3, 0.4) is 0 Å². The standard InChI is InChI=1S/C5H6F2N2S/c6-5(7,2-8)4-1-10-3-9-4/h1,3H,2,8H2. The molecule has 0 amide bonds. The molecular formula is C5H6F2N2S. The van der Waals surface area contributed by atoms with E-state index in [0.717, 1.165) is 11.3 Å². The zero-order chi connectivity index (χ0) is 7.61. The van der Waals surface area contributed by atoms with E-state index in [4.69, 9.17) is 5.73 Å². The molecule has 0 atom stereocenters. The molecule has 1 aromatic rings. The molecule has 0 aromatic carbocycles. The van der Waals surface area contributed by atoms with Gasteiger partial charge in [0.1, 0.15) is 5.69 Å². The lowest BCUT2D eigenvalue weighted by Crippen LogP contribution is -2.25. The van der Waals surface area contributed by atoms with Crippen molar-refractivity contribution < 1.29 is 8.78 Å². The van der Waals surface area contributed by atoms with E-state index in [9.17, 15) is 8.78 Å². The minimum Gasteiger partial charge on any atom is -0.325 e. The fourth-order valence-corrected chi connectivity index (χ4v) is 1.10. The number of nitrogens with two attached hydrogens (primary N) is 1. The third kappa shape index (κ3) is 1.30. The minimum atomic E-state index is -2.96. The van der Waals surface area contributed by atoms with E-state index >= 15 is 0 Å². The van der Waals surface area contributed by atoms with Gasteiger partial charge in [0.2, 0.25) is 0 Å². The van der Waals surface area contributed by atoms with Gasteiger partial charge < -0.3 is 5.73 Å². The summed E-state index contributed by atoms with van der Waals surface area (Å²) in [7, 11) is 0. The maximum absolute atomic E-state index is 12.5. The molecule has 0 aliphatic carbocycles. The van der Waals surface area contributed by atoms with Crippen LogP contribution in [0.2, 0.25) is 0 Å². The molecule has 0 unspecified atom stereocenters. The molecule has 0 bridgehead atoms. The number of hydrogen-bond donors (Lipinski definition) is 1. The molecule has 0 aliphatic heterocycles. The molecule has 10 heavy (non-hydrogen) atoms. The van der Waals surface area contributed by atoms with Gasteiger partial charge in [-0.25, -0.2) is 4.98 Å². The van der Waals surface area contributed by atoms with Crippen LogP contribution < -0.4 is 5.73 Å². The SMILES string of the molecule is NCC(F)(F)c1cscn1. The lowest BCUT2D eigenvalue weighted by atomic mass is 10.3. The summed E-state index contributed by atoms with van der Waals surface area (Å²) in [6.45, 7) is -0.684. The highest BCUT2D eigenvalue weighted by molar-refractivity contribution is 7.07. The van der Waals surface area contributed by atoms with Gasteiger partial charge in [-0.3, -0.25) is 0 Å². The van der Waals surface area contributed by atoms with E-state index in [1.54, 1.807) is 0 Å². The van der Waals surface area contributed by atoms with Crippen LogP contribution in [0, 0.1) is 0 Å². The molecule has 0 fully saturated rings. The summed E-state index contributed by atoms with van der Waals surface area (Å²) in [5, 5.41) is 1.30. The van der Waals surface area contributed by atoms with Crippen molar-refractivity contribution in [3.63, 3.8) is 0 Å². The Morgan fingerprint density at radius 2 is 2.40 bits per heavy atom. The van der Waals surface area contributed by atoms with Crippen molar-refractivity contribution in [2.24, 2.45) is 5.73 Å². The van der Waals surface area contributed by atoms with Crippen LogP contribution in [-0.4, -0.2) is 11.5 Å². The van der Waals surface area contributed by atoms with Crippen molar-refractivity contribution in [1.82, 2.24) is 4.98 Å². The van der Waals surface area contributed by atoms with Gasteiger partial charge in [0, 0.05) is 5.38 Å². The summed E-state index contributed by atoms with van der Waals surface area (Å²) in [6.07, 6.45) is 0. The van der Waals surface area contributed by atoms with Crippen LogP contribution in [0.1, 0.15) is 5.69 Å². The minimum absolute atomic E-state index is 0.236. The summed E-state index contributed by atoms with van der Waals surface area (Å²) in [5.74, 6) is -2.96. The molecule has 1 heterocycles. The predicted molar refractivity (Wildman–Crippen MR) is 35.1 cm³/mol. The number of hydrogen-bond acceptors (Lipinski definition) is 3. The molecule has 0 radical (unpaired) electrons. The lowest BCUT2D eigenvalue weighted by molar-refractivity contribution is 0.00200. The molecule has 0 aliphatic rings. The van der Waals surface area contributed by atoms with Crippen molar-refractivity contribution in [2.75, 3.05) is 6.54 Å². The van der Waals surface area contributed by atoms with Crippen molar-refractivity contribution in [2.45, 2.75) is 5.92 Å². The molecule has 2 N–H and O–H groups in total. The van der Waals surface area contributed by atoms with Crippen LogP contribution in [0.5, 0.6) is 0 Å². The number of alkyl halides is 2. The molecule has 0 spiro atoms. The first kappa shape index (κ1) is 7.56. The Morgan fingerprint density at radius 3 is 2.80 bits per heavy atom. The number of rotatable bonds is 2. The Hall–Kier alpha value is -0.550. The van der Waals surface area contributed by atoms with Crippen LogP contribution >= 0.6 is 11.3 Å². The van der Waals surface area contributed by atoms with E-state index < -0.39 is 12.5 Å². The second kappa shape index (κ2) is 2.59. The van der Waals surface area contributed by atoms with Gasteiger partial charge in [-0.1, -0.05) is 0 Å². The topological polar surface area (TPSA) is 38.9 Å². The summed E-state index contributed by atoms with van der Waals surface area (Å²) in [6, 6.07) is 0. The van der Waals surface area contributed by atoms with E-state index in [1.807, 2.05) is 0 Å². The van der Waals surface area contributed by atoms with Gasteiger partial charge in [0.15, 0.2) is 0 Å². The normalized spacial score (nSPS) is 11.9. The second-order valence-electron chi connectivity index (χ2n) is 1.78. The third-order valence-electron chi connectivity index (χ3n) is 1.06. The fourth-order valence-electron chi connectivity index (χ4n) is 0.498. The van der Waals surface area contributed by atoms with Gasteiger partial charge in [-0.05, 0) is 0 Å². The molecule has 0 saturated carbocycles. The third-order valence-corrected chi connectivity index (χ3v) is 1.65. The smallest absolute Gasteiger partial charge is 0.302 e. The van der Waals surface area contributed by atoms with Crippen LogP contribution in [0.4, 0.5) is 8.78 Å². The maximum Gasteiger partial charge on any atom is 0.302 e. The van der Waals surface area contributed by atoms with Gasteiger partial charge in [0.25, 0.3) is 0 Å². The van der Waals surface area contributed by atoms with Crippen molar-refractivity contribution in [3.05, 3.63) is 16.6 Å². The van der Waals surface area contributed by atoms with Crippen molar-refractivity contribution in [1.29, 1.82) is 0 Å². The Morgan fingerprint density at radius 1 is 1.70 bits per heavy atom. The number of thiazole rings is 1. The number of halogens is 2. The second-order valence-corrected chi connectivity index (χ2v) is 2.50. The fraction of sp³-hybridized carbons (Fsp3) is 0.400. The predicted octanol–water partition coefficient (Wildman–Crippen LogP) is 1.19. The highest BCUT2D eigenvalue weighted by Gasteiger charge is 2.31. The van der Waals surface area contributed by atoms with Crippen LogP contribution in [-0.2, 0) is 5.92 Å². The quantitative estimate of drug-likeness (QED) is 0.713. The Balaban J connectivity index is 2.85. The van der Waals surface area contributed by atoms with Crippen molar-refractivity contribution >= 4 is 11.3 Å². The maximum atomic E-state index is 12.5. The first-order valence-corrected chi connectivity index (χ1v) is 3.57. The number of nitrogens with zero attached hydrogens (tertiary/aromatic N) is 1. The van der Waals surface area contributed by atoms with Gasteiger partial charge in [-0.15, -0.1) is 11.3 Å². The lowest BCUT2D eigenvalue weighted by Gasteiger charge is -2.08. The highest BCUT2D eigenvalue weighted by atomic mass is 32.1. The van der Waals surface area contributed by atoms with Crippen molar-refractivity contribution in [3.8, 4) is 0 Å². The summed E-state index contributed by atoms with van der Waals surface area (Å²) >= 11 is 1.14. The average molecular weight is 164 g/mol. The molecule has 56 valence electrons. The molecule has 5 heteroatoms. The Labute approximate surface area is 60.7 Å². The monoisotopic (exact) mass is 164 g/mol. The first-order valence-electron chi connectivity index (χ1n) is 2.63. The first-order chi connectivity index (χ1) is 4.67. The molecule has 2 nitrogen and oxygen atoms in total. The van der Waals surface area contributed by atoms with Gasteiger partial charge in [0.05, 0.1) is 12.1 Å². The number of aromatic nitrogens is 1. The van der Waals surface area contributed by atoms with Gasteiger partial charge >= 0.3 is 5.92 Å². The van der Waals surface area contributed by atoms with Crippen LogP contribution in [0.15, 0.2) is 10.9 Å². The summed E-state index contributed by atoms with van der Waals surface area (Å²) in [4.78, 5) is 3.45. The van der Waals surface area contributed by atoms with E-state index in [1.165, 1.54) is 10.9 Å². The average Bonchev–Trinajstić information content (AvgIpc) is 2.38. The highest BCUT2D eigenvalue weighted by Crippen LogP contribution is 2.25. The van der Waals surface area contributed by atoms with Gasteiger partial charge in [-0.2, -0.15) is 8.78 Å². The molecular weight excluding hydrogens is 158 g/mol. The Bertz CT molecular complexity index is 197. The largest absolute Gasteiger partial charge is 0.325 e. The molecule has 1 rings (SSSR count). The van der Waals surface area contributed by atoms with E-state index in [-0.39, 0.29) is 5.69 Å². The molecule has 0 saturated heterocycles. The van der Waals surface area contributed by atoms with E-state index in [0.29, 0.717) is 0 Å². The zero-order valence-corrected chi connectivity index (χ0v) is 5.87. The summed E-state index contributed by atoms with van der Waals surface area (Å²) < 4.78 is 25.1. The van der Waals surface area contributed by atoms with Crippen LogP contribution in [0.25, 0.3) is 0 Å².